The highest BCUT2D eigenvalue weighted by Gasteiger charge is 2.30. The van der Waals surface area contributed by atoms with Gasteiger partial charge in [0.2, 0.25) is 11.8 Å². The number of fused-ring (bicyclic) bond motifs is 1. The molecule has 168 valence electrons. The van der Waals surface area contributed by atoms with Crippen molar-refractivity contribution in [2.75, 3.05) is 26.2 Å². The quantitative estimate of drug-likeness (QED) is 0.683. The number of likely N-dealkylation sites (tertiary alicyclic amines) is 2. The predicted octanol–water partition coefficient (Wildman–Crippen LogP) is 0.0749. The van der Waals surface area contributed by atoms with Crippen molar-refractivity contribution in [2.45, 2.75) is 45.1 Å². The van der Waals surface area contributed by atoms with Gasteiger partial charge in [0.15, 0.2) is 11.2 Å². The minimum Gasteiger partial charge on any atom is -0.343 e. The summed E-state index contributed by atoms with van der Waals surface area (Å²) in [6.07, 6.45) is 6.53. The molecule has 0 aliphatic carbocycles. The van der Waals surface area contributed by atoms with Crippen LogP contribution in [0.25, 0.3) is 11.2 Å². The first kappa shape index (κ1) is 21.3. The summed E-state index contributed by atoms with van der Waals surface area (Å²) in [6, 6.07) is 0. The van der Waals surface area contributed by atoms with E-state index in [0.29, 0.717) is 43.6 Å². The van der Waals surface area contributed by atoms with E-state index in [1.54, 1.807) is 11.6 Å². The number of piperidine rings is 2. The summed E-state index contributed by atoms with van der Waals surface area (Å²) in [6.45, 7) is 3.22. The van der Waals surface area contributed by atoms with Crippen molar-refractivity contribution in [1.29, 1.82) is 0 Å². The van der Waals surface area contributed by atoms with Crippen LogP contribution in [0.1, 0.15) is 38.5 Å². The van der Waals surface area contributed by atoms with E-state index in [1.807, 2.05) is 9.80 Å². The number of aromatic nitrogens is 4. The van der Waals surface area contributed by atoms with E-state index in [-0.39, 0.29) is 24.2 Å². The molecule has 0 radical (unpaired) electrons. The summed E-state index contributed by atoms with van der Waals surface area (Å²) in [5, 5.41) is 0. The van der Waals surface area contributed by atoms with Gasteiger partial charge in [-0.05, 0) is 32.1 Å². The number of carbonyl (C=O) groups is 2. The first-order chi connectivity index (χ1) is 14.9. The Balaban J connectivity index is 1.36. The highest BCUT2D eigenvalue weighted by molar-refractivity contribution is 5.80. The summed E-state index contributed by atoms with van der Waals surface area (Å²) >= 11 is 0. The van der Waals surface area contributed by atoms with E-state index in [0.717, 1.165) is 30.5 Å². The molecule has 0 saturated carbocycles. The third-order valence-electron chi connectivity index (χ3n) is 6.65. The predicted molar refractivity (Wildman–Crippen MR) is 115 cm³/mol. The molecule has 10 nitrogen and oxygen atoms in total. The molecule has 2 aromatic heterocycles. The molecule has 31 heavy (non-hydrogen) atoms. The summed E-state index contributed by atoms with van der Waals surface area (Å²) in [7, 11) is 3.00. The standard InChI is InChI=1S/C21H30N6O4/c1-23-18-17(20(30)24(2)21(23)31)27(14-22-18)13-8-16(28)25-11-6-15(7-12-25)19(29)26-9-4-3-5-10-26/h14-15H,3-13H2,1-2H3. The maximum atomic E-state index is 12.7. The van der Waals surface area contributed by atoms with Gasteiger partial charge >= 0.3 is 5.69 Å². The number of imidazole rings is 1. The Hall–Kier alpha value is -2.91. The molecule has 4 rings (SSSR count). The molecule has 2 saturated heterocycles. The second-order valence-corrected chi connectivity index (χ2v) is 8.61. The largest absolute Gasteiger partial charge is 0.343 e. The van der Waals surface area contributed by atoms with Crippen molar-refractivity contribution in [2.24, 2.45) is 20.0 Å². The van der Waals surface area contributed by atoms with Gasteiger partial charge < -0.3 is 14.4 Å². The molecule has 0 aromatic carbocycles. The zero-order valence-electron chi connectivity index (χ0n) is 18.2. The summed E-state index contributed by atoms with van der Waals surface area (Å²) in [5.41, 5.74) is -0.207. The summed E-state index contributed by atoms with van der Waals surface area (Å²) in [5.74, 6) is 0.273. The third-order valence-corrected chi connectivity index (χ3v) is 6.65. The van der Waals surface area contributed by atoms with E-state index in [1.165, 1.54) is 24.4 Å². The van der Waals surface area contributed by atoms with Gasteiger partial charge in [0.25, 0.3) is 5.56 Å². The second-order valence-electron chi connectivity index (χ2n) is 8.61. The monoisotopic (exact) mass is 430 g/mol. The van der Waals surface area contributed by atoms with E-state index >= 15 is 0 Å². The third kappa shape index (κ3) is 4.03. The van der Waals surface area contributed by atoms with Gasteiger partial charge in [0.1, 0.15) is 0 Å². The number of amides is 2. The molecule has 2 fully saturated rings. The van der Waals surface area contributed by atoms with Crippen molar-refractivity contribution in [3.05, 3.63) is 27.2 Å². The van der Waals surface area contributed by atoms with Gasteiger partial charge in [-0.15, -0.1) is 0 Å². The molecule has 0 spiro atoms. The number of carbonyl (C=O) groups excluding carboxylic acids is 2. The summed E-state index contributed by atoms with van der Waals surface area (Å²) < 4.78 is 4.02. The fourth-order valence-corrected chi connectivity index (χ4v) is 4.69. The first-order valence-electron chi connectivity index (χ1n) is 11.1. The molecular formula is C21H30N6O4. The van der Waals surface area contributed by atoms with Gasteiger partial charge in [0, 0.05) is 59.2 Å². The van der Waals surface area contributed by atoms with E-state index < -0.39 is 11.2 Å². The number of aryl methyl sites for hydroxylation is 2. The van der Waals surface area contributed by atoms with Gasteiger partial charge in [-0.3, -0.25) is 23.5 Å². The van der Waals surface area contributed by atoms with Crippen LogP contribution in [0.2, 0.25) is 0 Å². The van der Waals surface area contributed by atoms with Crippen LogP contribution >= 0.6 is 0 Å². The lowest BCUT2D eigenvalue weighted by Crippen LogP contribution is -2.45. The number of rotatable bonds is 4. The zero-order valence-corrected chi connectivity index (χ0v) is 18.2. The van der Waals surface area contributed by atoms with E-state index in [2.05, 4.69) is 4.98 Å². The Morgan fingerprint density at radius 1 is 0.968 bits per heavy atom. The molecule has 2 amide bonds. The second kappa shape index (κ2) is 8.68. The van der Waals surface area contributed by atoms with Crippen LogP contribution in [0, 0.1) is 5.92 Å². The highest BCUT2D eigenvalue weighted by Crippen LogP contribution is 2.22. The Bertz CT molecular complexity index is 1100. The van der Waals surface area contributed by atoms with Crippen LogP contribution in [-0.2, 0) is 30.2 Å². The maximum Gasteiger partial charge on any atom is 0.332 e. The minimum absolute atomic E-state index is 0.00682. The molecule has 10 heteroatoms. The minimum atomic E-state index is -0.430. The molecule has 2 aliphatic rings. The maximum absolute atomic E-state index is 12.7. The average molecular weight is 431 g/mol. The SMILES string of the molecule is Cn1c(=O)c2c(ncn2CCC(=O)N2CCC(C(=O)N3CCCCC3)CC2)n(C)c1=O. The lowest BCUT2D eigenvalue weighted by molar-refractivity contribution is -0.141. The fourth-order valence-electron chi connectivity index (χ4n) is 4.69. The van der Waals surface area contributed by atoms with Crippen LogP contribution in [0.3, 0.4) is 0 Å². The van der Waals surface area contributed by atoms with Crippen molar-refractivity contribution in [1.82, 2.24) is 28.5 Å². The number of nitrogens with zero attached hydrogens (tertiary/aromatic N) is 6. The molecule has 0 N–H and O–H groups in total. The molecule has 0 bridgehead atoms. The smallest absolute Gasteiger partial charge is 0.332 e. The molecular weight excluding hydrogens is 400 g/mol. The van der Waals surface area contributed by atoms with Gasteiger partial charge in [-0.2, -0.15) is 0 Å². The first-order valence-corrected chi connectivity index (χ1v) is 11.1. The Morgan fingerprint density at radius 3 is 2.32 bits per heavy atom. The Labute approximate surface area is 180 Å². The number of hydrogen-bond donors (Lipinski definition) is 0. The zero-order chi connectivity index (χ0) is 22.1. The van der Waals surface area contributed by atoms with Crippen LogP contribution in [0.5, 0.6) is 0 Å². The topological polar surface area (TPSA) is 102 Å². The lowest BCUT2D eigenvalue weighted by atomic mass is 9.94. The number of hydrogen-bond acceptors (Lipinski definition) is 5. The fraction of sp³-hybridized carbons (Fsp3) is 0.667. The van der Waals surface area contributed by atoms with Crippen LogP contribution in [-0.4, -0.2) is 66.5 Å². The van der Waals surface area contributed by atoms with Crippen LogP contribution in [0.15, 0.2) is 15.9 Å². The molecule has 2 aliphatic heterocycles. The molecule has 2 aromatic rings. The summed E-state index contributed by atoms with van der Waals surface area (Å²) in [4.78, 5) is 58.0. The molecule has 0 unspecified atom stereocenters. The van der Waals surface area contributed by atoms with Gasteiger partial charge in [0.05, 0.1) is 6.33 Å². The van der Waals surface area contributed by atoms with Crippen molar-refractivity contribution < 1.29 is 9.59 Å². The normalized spacial score (nSPS) is 18.0. The van der Waals surface area contributed by atoms with Gasteiger partial charge in [-0.1, -0.05) is 0 Å². The Kier molecular flexibility index (Phi) is 5.97. The van der Waals surface area contributed by atoms with Crippen LogP contribution < -0.4 is 11.2 Å². The lowest BCUT2D eigenvalue weighted by Gasteiger charge is -2.35. The van der Waals surface area contributed by atoms with Gasteiger partial charge in [-0.25, -0.2) is 9.78 Å². The van der Waals surface area contributed by atoms with E-state index in [9.17, 15) is 19.2 Å². The van der Waals surface area contributed by atoms with Crippen molar-refractivity contribution in [3.63, 3.8) is 0 Å². The molecule has 0 atom stereocenters. The van der Waals surface area contributed by atoms with Crippen molar-refractivity contribution in [3.8, 4) is 0 Å². The Morgan fingerprint density at radius 2 is 1.65 bits per heavy atom. The van der Waals surface area contributed by atoms with Crippen molar-refractivity contribution >= 4 is 23.0 Å². The molecule has 4 heterocycles. The average Bonchev–Trinajstić information content (AvgIpc) is 3.24. The van der Waals surface area contributed by atoms with E-state index in [4.69, 9.17) is 0 Å². The highest BCUT2D eigenvalue weighted by atomic mass is 16.2. The van der Waals surface area contributed by atoms with Crippen LogP contribution in [0.4, 0.5) is 0 Å².